The Morgan fingerprint density at radius 2 is 2.25 bits per heavy atom. The molecule has 5 nitrogen and oxygen atoms in total. The molecule has 0 bridgehead atoms. The Bertz CT molecular complexity index is 291. The molecule has 0 aliphatic carbocycles. The van der Waals surface area contributed by atoms with Crippen molar-refractivity contribution in [1.82, 2.24) is 10.2 Å². The van der Waals surface area contributed by atoms with Gasteiger partial charge >= 0.3 is 5.97 Å². The van der Waals surface area contributed by atoms with Crippen molar-refractivity contribution >= 4 is 11.9 Å². The average molecular weight is 226 g/mol. The van der Waals surface area contributed by atoms with Gasteiger partial charge in [-0.25, -0.2) is 0 Å². The van der Waals surface area contributed by atoms with E-state index in [1.807, 2.05) is 6.92 Å². The van der Waals surface area contributed by atoms with Gasteiger partial charge in [0, 0.05) is 19.6 Å². The van der Waals surface area contributed by atoms with E-state index in [2.05, 4.69) is 11.9 Å². The first-order valence-corrected chi connectivity index (χ1v) is 5.38. The minimum absolute atomic E-state index is 0.0286. The van der Waals surface area contributed by atoms with E-state index < -0.39 is 11.9 Å². The molecule has 0 aromatic carbocycles. The van der Waals surface area contributed by atoms with Crippen molar-refractivity contribution < 1.29 is 14.7 Å². The minimum Gasteiger partial charge on any atom is -0.481 e. The van der Waals surface area contributed by atoms with E-state index in [0.29, 0.717) is 19.6 Å². The number of hydrogen-bond donors (Lipinski definition) is 2. The maximum Gasteiger partial charge on any atom is 0.308 e. The lowest BCUT2D eigenvalue weighted by Crippen LogP contribution is -2.37. The number of amides is 1. The Hall–Kier alpha value is -1.36. The molecule has 1 aliphatic rings. The zero-order valence-electron chi connectivity index (χ0n) is 9.48. The van der Waals surface area contributed by atoms with Gasteiger partial charge in [0.2, 0.25) is 5.91 Å². The highest BCUT2D eigenvalue weighted by Gasteiger charge is 2.36. The normalized spacial score (nSPS) is 24.4. The van der Waals surface area contributed by atoms with Crippen LogP contribution in [0, 0.1) is 11.8 Å². The van der Waals surface area contributed by atoms with E-state index in [0.717, 1.165) is 0 Å². The number of nitrogens with one attached hydrogen (secondary N) is 1. The molecule has 1 rings (SSSR count). The van der Waals surface area contributed by atoms with Crippen LogP contribution in [0.25, 0.3) is 0 Å². The van der Waals surface area contributed by atoms with Crippen molar-refractivity contribution in [3.63, 3.8) is 0 Å². The molecular weight excluding hydrogens is 208 g/mol. The molecule has 1 aliphatic heterocycles. The van der Waals surface area contributed by atoms with Crippen molar-refractivity contribution in [1.29, 1.82) is 0 Å². The monoisotopic (exact) mass is 226 g/mol. The average Bonchev–Trinajstić information content (AvgIpc) is 2.60. The zero-order chi connectivity index (χ0) is 12.1. The van der Waals surface area contributed by atoms with Gasteiger partial charge < -0.3 is 15.3 Å². The highest BCUT2D eigenvalue weighted by molar-refractivity contribution is 5.80. The quantitative estimate of drug-likeness (QED) is 0.509. The maximum absolute atomic E-state index is 11.7. The summed E-state index contributed by atoms with van der Waals surface area (Å²) in [7, 11) is 0. The van der Waals surface area contributed by atoms with E-state index in [1.165, 1.54) is 0 Å². The smallest absolute Gasteiger partial charge is 0.308 e. The molecule has 2 atom stereocenters. The summed E-state index contributed by atoms with van der Waals surface area (Å²) in [5.74, 6) is -1.26. The molecule has 0 aromatic heterocycles. The third-order valence-corrected chi connectivity index (χ3v) is 2.85. The number of carbonyl (C=O) groups excluding carboxylic acids is 1. The fourth-order valence-corrected chi connectivity index (χ4v) is 1.88. The summed E-state index contributed by atoms with van der Waals surface area (Å²) >= 11 is 0. The topological polar surface area (TPSA) is 69.6 Å². The van der Waals surface area contributed by atoms with Crippen LogP contribution < -0.4 is 5.32 Å². The minimum atomic E-state index is -0.818. The molecule has 90 valence electrons. The van der Waals surface area contributed by atoms with Crippen LogP contribution >= 0.6 is 0 Å². The second-order valence-corrected chi connectivity index (χ2v) is 4.14. The number of nitrogens with zero attached hydrogens (tertiary/aromatic N) is 1. The van der Waals surface area contributed by atoms with Gasteiger partial charge in [-0.05, 0) is 5.92 Å². The summed E-state index contributed by atoms with van der Waals surface area (Å²) in [6.07, 6.45) is 1.68. The predicted octanol–water partition coefficient (Wildman–Crippen LogP) is -0.0589. The van der Waals surface area contributed by atoms with Crippen LogP contribution in [-0.4, -0.2) is 48.1 Å². The summed E-state index contributed by atoms with van der Waals surface area (Å²) in [6, 6.07) is 0. The van der Waals surface area contributed by atoms with E-state index in [4.69, 9.17) is 5.11 Å². The fraction of sp³-hybridized carbons (Fsp3) is 0.636. The van der Waals surface area contributed by atoms with E-state index in [-0.39, 0.29) is 18.4 Å². The van der Waals surface area contributed by atoms with Crippen molar-refractivity contribution in [3.8, 4) is 0 Å². The van der Waals surface area contributed by atoms with Crippen molar-refractivity contribution in [3.05, 3.63) is 12.7 Å². The summed E-state index contributed by atoms with van der Waals surface area (Å²) < 4.78 is 0. The Kier molecular flexibility index (Phi) is 4.49. The van der Waals surface area contributed by atoms with Crippen LogP contribution in [0.1, 0.15) is 6.92 Å². The lowest BCUT2D eigenvalue weighted by atomic mass is 9.99. The van der Waals surface area contributed by atoms with Crippen LogP contribution in [0.5, 0.6) is 0 Å². The second kappa shape index (κ2) is 5.65. The predicted molar refractivity (Wildman–Crippen MR) is 59.9 cm³/mol. The summed E-state index contributed by atoms with van der Waals surface area (Å²) in [5.41, 5.74) is 0. The number of likely N-dealkylation sites (tertiary alicyclic amines) is 1. The van der Waals surface area contributed by atoms with Crippen LogP contribution in [0.2, 0.25) is 0 Å². The third kappa shape index (κ3) is 3.06. The largest absolute Gasteiger partial charge is 0.481 e. The molecule has 0 spiro atoms. The maximum atomic E-state index is 11.7. The molecule has 1 amide bonds. The van der Waals surface area contributed by atoms with Crippen LogP contribution in [-0.2, 0) is 9.59 Å². The lowest BCUT2D eigenvalue weighted by Gasteiger charge is -2.15. The van der Waals surface area contributed by atoms with Crippen molar-refractivity contribution in [2.75, 3.05) is 26.2 Å². The molecule has 0 unspecified atom stereocenters. The summed E-state index contributed by atoms with van der Waals surface area (Å²) in [6.45, 7) is 7.08. The van der Waals surface area contributed by atoms with E-state index >= 15 is 0 Å². The Labute approximate surface area is 95.1 Å². The van der Waals surface area contributed by atoms with Gasteiger partial charge in [0.05, 0.1) is 12.5 Å². The first kappa shape index (κ1) is 12.7. The standard InChI is InChI=1S/C11H18N2O3/c1-3-4-12-5-10(14)13-6-8(2)9(7-13)11(15)16/h3,8-9,12H,1,4-7H2,2H3,(H,15,16)/t8-,9-/m1/s1. The van der Waals surface area contributed by atoms with Gasteiger partial charge in [-0.2, -0.15) is 0 Å². The molecule has 1 heterocycles. The number of aliphatic carboxylic acids is 1. The SMILES string of the molecule is C=CCNCC(=O)N1C[C@@H](C)[C@H](C(=O)O)C1. The van der Waals surface area contributed by atoms with Crippen molar-refractivity contribution in [2.24, 2.45) is 11.8 Å². The highest BCUT2D eigenvalue weighted by Crippen LogP contribution is 2.22. The number of carboxylic acid groups (broad SMARTS) is 1. The van der Waals surface area contributed by atoms with Gasteiger partial charge in [0.25, 0.3) is 0 Å². The summed E-state index contributed by atoms with van der Waals surface area (Å²) in [4.78, 5) is 24.2. The van der Waals surface area contributed by atoms with Gasteiger partial charge in [-0.3, -0.25) is 9.59 Å². The molecule has 16 heavy (non-hydrogen) atoms. The van der Waals surface area contributed by atoms with E-state index in [9.17, 15) is 9.59 Å². The Balaban J connectivity index is 2.42. The Morgan fingerprint density at radius 1 is 1.56 bits per heavy atom. The van der Waals surface area contributed by atoms with Gasteiger partial charge in [0.15, 0.2) is 0 Å². The Morgan fingerprint density at radius 3 is 2.75 bits per heavy atom. The molecule has 5 heteroatoms. The molecule has 1 fully saturated rings. The van der Waals surface area contributed by atoms with Crippen LogP contribution in [0.15, 0.2) is 12.7 Å². The molecule has 0 aromatic rings. The molecule has 1 saturated heterocycles. The summed E-state index contributed by atoms with van der Waals surface area (Å²) in [5, 5.41) is 11.8. The highest BCUT2D eigenvalue weighted by atomic mass is 16.4. The van der Waals surface area contributed by atoms with Gasteiger partial charge in [-0.15, -0.1) is 6.58 Å². The number of carbonyl (C=O) groups is 2. The molecular formula is C11H18N2O3. The zero-order valence-corrected chi connectivity index (χ0v) is 9.48. The number of hydrogen-bond acceptors (Lipinski definition) is 3. The van der Waals surface area contributed by atoms with Gasteiger partial charge in [0.1, 0.15) is 0 Å². The first-order valence-electron chi connectivity index (χ1n) is 5.38. The molecule has 2 N–H and O–H groups in total. The fourth-order valence-electron chi connectivity index (χ4n) is 1.88. The van der Waals surface area contributed by atoms with Crippen LogP contribution in [0.4, 0.5) is 0 Å². The number of rotatable bonds is 5. The third-order valence-electron chi connectivity index (χ3n) is 2.85. The molecule has 0 saturated carbocycles. The molecule has 0 radical (unpaired) electrons. The first-order chi connectivity index (χ1) is 7.56. The second-order valence-electron chi connectivity index (χ2n) is 4.14. The van der Waals surface area contributed by atoms with Gasteiger partial charge in [-0.1, -0.05) is 13.0 Å². The van der Waals surface area contributed by atoms with Crippen LogP contribution in [0.3, 0.4) is 0 Å². The van der Waals surface area contributed by atoms with E-state index in [1.54, 1.807) is 11.0 Å². The van der Waals surface area contributed by atoms with Crippen molar-refractivity contribution in [2.45, 2.75) is 6.92 Å². The lowest BCUT2D eigenvalue weighted by molar-refractivity contribution is -0.142. The number of carboxylic acids is 1.